The maximum atomic E-state index is 14.5. The number of hydrogen-bond donors (Lipinski definition) is 0. The van der Waals surface area contributed by atoms with E-state index in [1.807, 2.05) is 19.6 Å². The van der Waals surface area contributed by atoms with E-state index in [9.17, 15) is 19.2 Å². The molecular formula is C30H44N4O4. The number of nitrogens with zero attached hydrogens (tertiary/aromatic N) is 4. The van der Waals surface area contributed by atoms with Gasteiger partial charge in [-0.3, -0.25) is 19.2 Å². The Morgan fingerprint density at radius 2 is 0.474 bits per heavy atom. The van der Waals surface area contributed by atoms with Crippen molar-refractivity contribution in [1.29, 1.82) is 0 Å². The van der Waals surface area contributed by atoms with Crippen molar-refractivity contribution in [2.24, 2.45) is 21.7 Å². The van der Waals surface area contributed by atoms with Crippen molar-refractivity contribution in [1.82, 2.24) is 19.6 Å². The molecule has 4 aliphatic carbocycles. The van der Waals surface area contributed by atoms with Gasteiger partial charge in [-0.25, -0.2) is 0 Å². The van der Waals surface area contributed by atoms with E-state index in [4.69, 9.17) is 0 Å². The van der Waals surface area contributed by atoms with Crippen LogP contribution in [0, 0.1) is 21.7 Å². The molecule has 4 heterocycles. The molecule has 0 aromatic heterocycles. The van der Waals surface area contributed by atoms with E-state index < -0.39 is 21.7 Å². The Labute approximate surface area is 226 Å². The third-order valence-corrected chi connectivity index (χ3v) is 11.4. The molecule has 8 aliphatic rings. The maximum Gasteiger partial charge on any atom is 0.228 e. The van der Waals surface area contributed by atoms with Gasteiger partial charge in [0.1, 0.15) is 0 Å². The highest BCUT2D eigenvalue weighted by Gasteiger charge is 2.76. The van der Waals surface area contributed by atoms with Crippen molar-refractivity contribution in [3.05, 3.63) is 0 Å². The molecular weight excluding hydrogens is 480 g/mol. The SMILES string of the molecule is O=C(N1CCCC1)C12CC3(C(=O)N4CCCC4)CC(C(=O)N4CCCC4)(C1)CC(C(=O)N1CCCC1)(C2)C3. The first-order valence-corrected chi connectivity index (χ1v) is 15.5. The van der Waals surface area contributed by atoms with Crippen molar-refractivity contribution in [3.63, 3.8) is 0 Å². The Morgan fingerprint density at radius 3 is 0.632 bits per heavy atom. The number of carbonyl (C=O) groups is 4. The largest absolute Gasteiger partial charge is 0.342 e. The van der Waals surface area contributed by atoms with Gasteiger partial charge in [0.05, 0.1) is 21.7 Å². The van der Waals surface area contributed by atoms with Crippen molar-refractivity contribution in [2.75, 3.05) is 52.4 Å². The molecule has 0 unspecified atom stereocenters. The van der Waals surface area contributed by atoms with Crippen LogP contribution in [-0.2, 0) is 19.2 Å². The topological polar surface area (TPSA) is 81.2 Å². The molecule has 0 spiro atoms. The van der Waals surface area contributed by atoms with Gasteiger partial charge >= 0.3 is 0 Å². The number of likely N-dealkylation sites (tertiary alicyclic amines) is 4. The predicted octanol–water partition coefficient (Wildman–Crippen LogP) is 2.80. The normalized spacial score (nSPS) is 40.0. The highest BCUT2D eigenvalue weighted by Crippen LogP contribution is 2.75. The van der Waals surface area contributed by atoms with Crippen LogP contribution in [0.25, 0.3) is 0 Å². The minimum Gasteiger partial charge on any atom is -0.342 e. The lowest BCUT2D eigenvalue weighted by Crippen LogP contribution is -2.72. The van der Waals surface area contributed by atoms with Crippen LogP contribution in [0.3, 0.4) is 0 Å². The average molecular weight is 525 g/mol. The van der Waals surface area contributed by atoms with E-state index in [1.165, 1.54) is 0 Å². The highest BCUT2D eigenvalue weighted by atomic mass is 16.2. The summed E-state index contributed by atoms with van der Waals surface area (Å²) < 4.78 is 0. The first-order chi connectivity index (χ1) is 18.3. The molecule has 0 radical (unpaired) electrons. The second-order valence-corrected chi connectivity index (χ2v) is 14.2. The van der Waals surface area contributed by atoms with Crippen LogP contribution in [0.5, 0.6) is 0 Å². The number of hydrogen-bond acceptors (Lipinski definition) is 4. The highest BCUT2D eigenvalue weighted by molar-refractivity contribution is 5.97. The Hall–Kier alpha value is -2.12. The zero-order chi connectivity index (χ0) is 26.2. The second-order valence-electron chi connectivity index (χ2n) is 14.2. The molecule has 4 bridgehead atoms. The first-order valence-electron chi connectivity index (χ1n) is 15.5. The van der Waals surface area contributed by atoms with Gasteiger partial charge in [-0.05, 0) is 89.9 Å². The summed E-state index contributed by atoms with van der Waals surface area (Å²) in [5, 5.41) is 0. The molecule has 8 rings (SSSR count). The fourth-order valence-corrected chi connectivity index (χ4v) is 10.6. The van der Waals surface area contributed by atoms with Crippen LogP contribution in [0.4, 0.5) is 0 Å². The smallest absolute Gasteiger partial charge is 0.228 e. The Bertz CT molecular complexity index is 833. The molecule has 208 valence electrons. The fourth-order valence-electron chi connectivity index (χ4n) is 10.6. The second kappa shape index (κ2) is 8.69. The maximum absolute atomic E-state index is 14.5. The standard InChI is InChI=1S/C30H44N4O4/c35-23(31-9-1-2-10-31)27-17-28(24(36)32-11-3-4-12-32)20-29(18-27,25(37)33-13-5-6-14-33)22-30(19-27,21-28)26(38)34-15-7-8-16-34/h1-22H2. The molecule has 38 heavy (non-hydrogen) atoms. The Balaban J connectivity index is 1.37. The van der Waals surface area contributed by atoms with Crippen LogP contribution in [-0.4, -0.2) is 95.6 Å². The van der Waals surface area contributed by atoms with Gasteiger partial charge in [-0.15, -0.1) is 0 Å². The molecule has 0 aromatic carbocycles. The van der Waals surface area contributed by atoms with Crippen LogP contribution >= 0.6 is 0 Å². The molecule has 4 aliphatic heterocycles. The van der Waals surface area contributed by atoms with E-state index >= 15 is 0 Å². The van der Waals surface area contributed by atoms with Crippen molar-refractivity contribution in [2.45, 2.75) is 89.9 Å². The monoisotopic (exact) mass is 524 g/mol. The minimum atomic E-state index is -0.792. The van der Waals surface area contributed by atoms with E-state index in [-0.39, 0.29) is 23.6 Å². The summed E-state index contributed by atoms with van der Waals surface area (Å²) in [6, 6.07) is 0. The molecule has 8 fully saturated rings. The lowest BCUT2D eigenvalue weighted by atomic mass is 9.34. The van der Waals surface area contributed by atoms with E-state index in [2.05, 4.69) is 0 Å². The molecule has 4 saturated heterocycles. The lowest BCUT2D eigenvalue weighted by molar-refractivity contribution is -0.220. The number of rotatable bonds is 4. The molecule has 0 N–H and O–H groups in total. The van der Waals surface area contributed by atoms with E-state index in [0.29, 0.717) is 38.5 Å². The van der Waals surface area contributed by atoms with Gasteiger partial charge < -0.3 is 19.6 Å². The molecule has 8 nitrogen and oxygen atoms in total. The minimum absolute atomic E-state index is 0.130. The van der Waals surface area contributed by atoms with Gasteiger partial charge in [0.2, 0.25) is 23.6 Å². The summed E-state index contributed by atoms with van der Waals surface area (Å²) in [7, 11) is 0. The lowest BCUT2D eigenvalue weighted by Gasteiger charge is -2.69. The first kappa shape index (κ1) is 24.9. The summed E-state index contributed by atoms with van der Waals surface area (Å²) in [5.74, 6) is 0.518. The van der Waals surface area contributed by atoms with Gasteiger partial charge in [0.15, 0.2) is 0 Å². The molecule has 0 aromatic rings. The quantitative estimate of drug-likeness (QED) is 0.567. The third kappa shape index (κ3) is 3.53. The molecule has 4 amide bonds. The Kier molecular flexibility index (Phi) is 5.69. The van der Waals surface area contributed by atoms with Crippen molar-refractivity contribution < 1.29 is 19.2 Å². The van der Waals surface area contributed by atoms with Crippen LogP contribution in [0.15, 0.2) is 0 Å². The van der Waals surface area contributed by atoms with Crippen LogP contribution in [0.2, 0.25) is 0 Å². The van der Waals surface area contributed by atoms with Crippen LogP contribution < -0.4 is 0 Å². The summed E-state index contributed by atoms with van der Waals surface area (Å²) in [6.07, 6.45) is 11.2. The summed E-state index contributed by atoms with van der Waals surface area (Å²) >= 11 is 0. The van der Waals surface area contributed by atoms with Gasteiger partial charge in [-0.2, -0.15) is 0 Å². The van der Waals surface area contributed by atoms with Crippen molar-refractivity contribution >= 4 is 23.6 Å². The van der Waals surface area contributed by atoms with E-state index in [1.54, 1.807) is 0 Å². The van der Waals surface area contributed by atoms with Crippen molar-refractivity contribution in [3.8, 4) is 0 Å². The molecule has 4 saturated carbocycles. The Morgan fingerprint density at radius 1 is 0.316 bits per heavy atom. The third-order valence-electron chi connectivity index (χ3n) is 11.4. The van der Waals surface area contributed by atoms with Crippen LogP contribution in [0.1, 0.15) is 89.9 Å². The zero-order valence-corrected chi connectivity index (χ0v) is 23.0. The molecule has 0 atom stereocenters. The predicted molar refractivity (Wildman–Crippen MR) is 141 cm³/mol. The number of carbonyl (C=O) groups excluding carboxylic acids is 4. The summed E-state index contributed by atoms with van der Waals surface area (Å²) in [6.45, 7) is 6.06. The van der Waals surface area contributed by atoms with Gasteiger partial charge in [0, 0.05) is 52.4 Å². The van der Waals surface area contributed by atoms with Gasteiger partial charge in [-0.1, -0.05) is 0 Å². The fraction of sp³-hybridized carbons (Fsp3) is 0.867. The van der Waals surface area contributed by atoms with E-state index in [0.717, 1.165) is 104 Å². The average Bonchev–Trinajstić information content (AvgIpc) is 3.73. The summed E-state index contributed by atoms with van der Waals surface area (Å²) in [5.41, 5.74) is -3.17. The molecule has 8 heteroatoms. The zero-order valence-electron chi connectivity index (χ0n) is 23.0. The summed E-state index contributed by atoms with van der Waals surface area (Å²) in [4.78, 5) is 66.0. The number of amides is 4. The van der Waals surface area contributed by atoms with Gasteiger partial charge in [0.25, 0.3) is 0 Å².